The molecule has 3 nitrogen and oxygen atoms in total. The Morgan fingerprint density at radius 3 is 2.38 bits per heavy atom. The van der Waals surface area contributed by atoms with Crippen LogP contribution in [0.15, 0.2) is 60.7 Å². The normalized spacial score (nSPS) is 21.7. The largest absolute Gasteiger partial charge is 0.326 e. The van der Waals surface area contributed by atoms with Crippen molar-refractivity contribution in [3.05, 3.63) is 66.2 Å². The van der Waals surface area contributed by atoms with Crippen molar-refractivity contribution in [2.75, 3.05) is 18.4 Å². The lowest BCUT2D eigenvalue weighted by molar-refractivity contribution is -0.120. The highest BCUT2D eigenvalue weighted by molar-refractivity contribution is 5.93. The zero-order chi connectivity index (χ0) is 14.5. The maximum absolute atomic E-state index is 12.6. The van der Waals surface area contributed by atoms with Crippen molar-refractivity contribution in [3.8, 4) is 0 Å². The van der Waals surface area contributed by atoms with E-state index in [0.717, 1.165) is 25.2 Å². The first-order valence-corrected chi connectivity index (χ1v) is 7.46. The molecule has 2 atom stereocenters. The van der Waals surface area contributed by atoms with Crippen molar-refractivity contribution in [2.24, 2.45) is 5.92 Å². The summed E-state index contributed by atoms with van der Waals surface area (Å²) < 4.78 is 0. The van der Waals surface area contributed by atoms with Gasteiger partial charge in [0.15, 0.2) is 0 Å². The van der Waals surface area contributed by atoms with Crippen LogP contribution in [-0.4, -0.2) is 19.0 Å². The van der Waals surface area contributed by atoms with Gasteiger partial charge in [0.1, 0.15) is 0 Å². The van der Waals surface area contributed by atoms with Gasteiger partial charge < -0.3 is 10.6 Å². The molecule has 0 aromatic heterocycles. The fourth-order valence-electron chi connectivity index (χ4n) is 2.99. The maximum atomic E-state index is 12.6. The molecule has 1 saturated heterocycles. The summed E-state index contributed by atoms with van der Waals surface area (Å²) in [5, 5.41) is 6.37. The number of rotatable bonds is 3. The van der Waals surface area contributed by atoms with Gasteiger partial charge in [-0.15, -0.1) is 0 Å². The van der Waals surface area contributed by atoms with Crippen LogP contribution in [0.25, 0.3) is 0 Å². The highest BCUT2D eigenvalue weighted by atomic mass is 16.1. The Morgan fingerprint density at radius 2 is 1.67 bits per heavy atom. The molecule has 0 radical (unpaired) electrons. The molecule has 1 amide bonds. The van der Waals surface area contributed by atoms with Crippen LogP contribution in [0.4, 0.5) is 5.69 Å². The molecule has 0 spiro atoms. The molecule has 0 aliphatic carbocycles. The minimum atomic E-state index is -0.0265. The molecular weight excluding hydrogens is 260 g/mol. The van der Waals surface area contributed by atoms with E-state index in [-0.39, 0.29) is 17.7 Å². The fourth-order valence-corrected chi connectivity index (χ4v) is 2.99. The van der Waals surface area contributed by atoms with Crippen LogP contribution < -0.4 is 10.6 Å². The third-order valence-electron chi connectivity index (χ3n) is 4.09. The van der Waals surface area contributed by atoms with Gasteiger partial charge in [-0.2, -0.15) is 0 Å². The van der Waals surface area contributed by atoms with Gasteiger partial charge in [-0.1, -0.05) is 48.5 Å². The molecule has 2 unspecified atom stereocenters. The van der Waals surface area contributed by atoms with Crippen molar-refractivity contribution in [2.45, 2.75) is 12.3 Å². The summed E-state index contributed by atoms with van der Waals surface area (Å²) in [7, 11) is 0. The van der Waals surface area contributed by atoms with Crippen LogP contribution in [0, 0.1) is 5.92 Å². The number of hydrogen-bond acceptors (Lipinski definition) is 2. The highest BCUT2D eigenvalue weighted by Crippen LogP contribution is 2.31. The Kier molecular flexibility index (Phi) is 4.31. The minimum absolute atomic E-state index is 0.0265. The molecular formula is C18H20N2O. The first-order valence-electron chi connectivity index (χ1n) is 7.46. The van der Waals surface area contributed by atoms with Gasteiger partial charge >= 0.3 is 0 Å². The van der Waals surface area contributed by atoms with Crippen LogP contribution >= 0.6 is 0 Å². The van der Waals surface area contributed by atoms with E-state index in [9.17, 15) is 4.79 Å². The maximum Gasteiger partial charge on any atom is 0.229 e. The third-order valence-corrected chi connectivity index (χ3v) is 4.09. The Labute approximate surface area is 125 Å². The Bertz CT molecular complexity index is 583. The predicted molar refractivity (Wildman–Crippen MR) is 85.2 cm³/mol. The van der Waals surface area contributed by atoms with Gasteiger partial charge in [0.2, 0.25) is 5.91 Å². The van der Waals surface area contributed by atoms with Gasteiger partial charge in [-0.05, 0) is 36.6 Å². The predicted octanol–water partition coefficient (Wildman–Crippen LogP) is 3.02. The van der Waals surface area contributed by atoms with Crippen LogP contribution in [-0.2, 0) is 4.79 Å². The Balaban J connectivity index is 1.76. The molecule has 0 saturated carbocycles. The highest BCUT2D eigenvalue weighted by Gasteiger charge is 2.31. The van der Waals surface area contributed by atoms with Crippen molar-refractivity contribution in [1.82, 2.24) is 5.32 Å². The van der Waals surface area contributed by atoms with E-state index in [1.165, 1.54) is 5.56 Å². The van der Waals surface area contributed by atoms with Gasteiger partial charge in [0.05, 0.1) is 5.92 Å². The number of carbonyl (C=O) groups is 1. The minimum Gasteiger partial charge on any atom is -0.326 e. The van der Waals surface area contributed by atoms with Crippen molar-refractivity contribution < 1.29 is 4.79 Å². The van der Waals surface area contributed by atoms with E-state index in [1.54, 1.807) is 0 Å². The third kappa shape index (κ3) is 3.31. The second-order valence-corrected chi connectivity index (χ2v) is 5.47. The number of benzene rings is 2. The summed E-state index contributed by atoms with van der Waals surface area (Å²) in [6.07, 6.45) is 0.997. The first kappa shape index (κ1) is 13.8. The van der Waals surface area contributed by atoms with E-state index in [1.807, 2.05) is 48.5 Å². The molecule has 1 fully saturated rings. The number of nitrogens with one attached hydrogen (secondary N) is 2. The number of hydrogen-bond donors (Lipinski definition) is 2. The van der Waals surface area contributed by atoms with Gasteiger partial charge in [-0.25, -0.2) is 0 Å². The summed E-state index contributed by atoms with van der Waals surface area (Å²) in [5.41, 5.74) is 2.12. The standard InChI is InChI=1S/C18H20N2O/c21-18(20-15-9-5-2-6-10-15)17-13-19-12-11-16(17)14-7-3-1-4-8-14/h1-10,16-17,19H,11-13H2,(H,20,21). The van der Waals surface area contributed by atoms with E-state index < -0.39 is 0 Å². The molecule has 21 heavy (non-hydrogen) atoms. The first-order chi connectivity index (χ1) is 10.3. The van der Waals surface area contributed by atoms with Crippen molar-refractivity contribution >= 4 is 11.6 Å². The number of carbonyl (C=O) groups excluding carboxylic acids is 1. The lowest BCUT2D eigenvalue weighted by Crippen LogP contribution is -2.42. The van der Waals surface area contributed by atoms with E-state index >= 15 is 0 Å². The van der Waals surface area contributed by atoms with Gasteiger partial charge in [-0.3, -0.25) is 4.79 Å². The summed E-state index contributed by atoms with van der Waals surface area (Å²) in [5.74, 6) is 0.361. The summed E-state index contributed by atoms with van der Waals surface area (Å²) in [4.78, 5) is 12.6. The summed E-state index contributed by atoms with van der Waals surface area (Å²) in [6.45, 7) is 1.70. The van der Waals surface area contributed by atoms with Gasteiger partial charge in [0.25, 0.3) is 0 Å². The van der Waals surface area contributed by atoms with E-state index in [2.05, 4.69) is 22.8 Å². The molecule has 108 valence electrons. The summed E-state index contributed by atoms with van der Waals surface area (Å²) >= 11 is 0. The van der Waals surface area contributed by atoms with Crippen LogP contribution in [0.2, 0.25) is 0 Å². The zero-order valence-electron chi connectivity index (χ0n) is 12.0. The lowest BCUT2D eigenvalue weighted by atomic mass is 9.80. The SMILES string of the molecule is O=C(Nc1ccccc1)C1CNCCC1c1ccccc1. The van der Waals surface area contributed by atoms with Crippen LogP contribution in [0.5, 0.6) is 0 Å². The Morgan fingerprint density at radius 1 is 1.00 bits per heavy atom. The Hall–Kier alpha value is -2.13. The molecule has 0 bridgehead atoms. The number of anilines is 1. The molecule has 3 rings (SSSR count). The molecule has 2 aromatic carbocycles. The molecule has 1 heterocycles. The number of amides is 1. The average Bonchev–Trinajstić information content (AvgIpc) is 2.56. The number of para-hydroxylation sites is 1. The number of piperidine rings is 1. The fraction of sp³-hybridized carbons (Fsp3) is 0.278. The molecule has 2 N–H and O–H groups in total. The van der Waals surface area contributed by atoms with Crippen molar-refractivity contribution in [1.29, 1.82) is 0 Å². The van der Waals surface area contributed by atoms with E-state index in [0.29, 0.717) is 0 Å². The average molecular weight is 280 g/mol. The van der Waals surface area contributed by atoms with Gasteiger partial charge in [0, 0.05) is 12.2 Å². The second-order valence-electron chi connectivity index (χ2n) is 5.47. The summed E-state index contributed by atoms with van der Waals surface area (Å²) in [6, 6.07) is 20.0. The molecule has 1 aliphatic rings. The monoisotopic (exact) mass is 280 g/mol. The molecule has 1 aliphatic heterocycles. The second kappa shape index (κ2) is 6.55. The van der Waals surface area contributed by atoms with E-state index in [4.69, 9.17) is 0 Å². The van der Waals surface area contributed by atoms with Crippen LogP contribution in [0.3, 0.4) is 0 Å². The lowest BCUT2D eigenvalue weighted by Gasteiger charge is -2.31. The quantitative estimate of drug-likeness (QED) is 0.907. The molecule has 2 aromatic rings. The topological polar surface area (TPSA) is 41.1 Å². The molecule has 3 heteroatoms. The van der Waals surface area contributed by atoms with Crippen LogP contribution in [0.1, 0.15) is 17.9 Å². The zero-order valence-corrected chi connectivity index (χ0v) is 12.0. The van der Waals surface area contributed by atoms with Crippen molar-refractivity contribution in [3.63, 3.8) is 0 Å². The smallest absolute Gasteiger partial charge is 0.229 e.